The fourth-order valence-electron chi connectivity index (χ4n) is 3.81. The first kappa shape index (κ1) is 18.0. The van der Waals surface area contributed by atoms with Gasteiger partial charge in [0.2, 0.25) is 0 Å². The van der Waals surface area contributed by atoms with Crippen molar-refractivity contribution in [2.75, 3.05) is 12.4 Å². The van der Waals surface area contributed by atoms with Crippen LogP contribution in [0.25, 0.3) is 0 Å². The Balaban J connectivity index is 1.69. The van der Waals surface area contributed by atoms with Crippen molar-refractivity contribution in [3.05, 3.63) is 70.8 Å². The Morgan fingerprint density at radius 2 is 2.00 bits per heavy atom. The molecule has 1 saturated heterocycles. The van der Waals surface area contributed by atoms with Gasteiger partial charge in [0.1, 0.15) is 17.2 Å². The van der Waals surface area contributed by atoms with Gasteiger partial charge in [0.05, 0.1) is 24.3 Å². The van der Waals surface area contributed by atoms with Crippen LogP contribution in [0.5, 0.6) is 0 Å². The molecular weight excluding hydrogens is 368 g/mol. The molecule has 3 atom stereocenters. The van der Waals surface area contributed by atoms with E-state index in [1.54, 1.807) is 12.1 Å². The van der Waals surface area contributed by atoms with E-state index < -0.39 is 17.2 Å². The smallest absolute Gasteiger partial charge is 0.154 e. The molecular formula is C20H17F2N3OS. The number of thioether (sulfide) groups is 1. The quantitative estimate of drug-likeness (QED) is 0.852. The molecule has 4 nitrogen and oxygen atoms in total. The number of nitriles is 1. The minimum Gasteiger partial charge on any atom is -0.379 e. The van der Waals surface area contributed by atoms with Crippen molar-refractivity contribution < 1.29 is 13.5 Å². The van der Waals surface area contributed by atoms with Crippen LogP contribution in [0.3, 0.4) is 0 Å². The number of halogens is 2. The van der Waals surface area contributed by atoms with Gasteiger partial charge in [-0.25, -0.2) is 13.8 Å². The molecule has 3 unspecified atom stereocenters. The number of rotatable bonds is 2. The monoisotopic (exact) mass is 385 g/mol. The number of hydrogen-bond donors (Lipinski definition) is 1. The van der Waals surface area contributed by atoms with Crippen LogP contribution in [-0.2, 0) is 10.3 Å². The molecule has 138 valence electrons. The van der Waals surface area contributed by atoms with Crippen LogP contribution in [-0.4, -0.2) is 17.5 Å². The molecule has 4 rings (SSSR count). The van der Waals surface area contributed by atoms with Gasteiger partial charge in [0.15, 0.2) is 5.17 Å². The highest BCUT2D eigenvalue weighted by molar-refractivity contribution is 8.13. The molecule has 0 saturated carbocycles. The molecule has 1 fully saturated rings. The number of fused-ring (bicyclic) bond motifs is 1. The van der Waals surface area contributed by atoms with Gasteiger partial charge in [0, 0.05) is 23.3 Å². The maximum absolute atomic E-state index is 14.6. The van der Waals surface area contributed by atoms with Crippen LogP contribution >= 0.6 is 11.8 Å². The van der Waals surface area contributed by atoms with E-state index >= 15 is 0 Å². The largest absolute Gasteiger partial charge is 0.379 e. The number of ether oxygens (including phenoxy) is 1. The maximum Gasteiger partial charge on any atom is 0.154 e. The lowest BCUT2D eigenvalue weighted by Crippen LogP contribution is -2.48. The molecule has 27 heavy (non-hydrogen) atoms. The highest BCUT2D eigenvalue weighted by Crippen LogP contribution is 2.49. The molecule has 2 aromatic carbocycles. The normalized spacial score (nSPS) is 27.4. The van der Waals surface area contributed by atoms with Gasteiger partial charge < -0.3 is 10.5 Å². The molecule has 0 radical (unpaired) electrons. The average molecular weight is 385 g/mol. The molecule has 0 aromatic heterocycles. The van der Waals surface area contributed by atoms with Gasteiger partial charge in [-0.05, 0) is 30.2 Å². The minimum atomic E-state index is -0.948. The predicted octanol–water partition coefficient (Wildman–Crippen LogP) is 3.87. The molecule has 0 spiro atoms. The zero-order chi connectivity index (χ0) is 19.0. The highest BCUT2D eigenvalue weighted by Gasteiger charge is 2.49. The average Bonchev–Trinajstić information content (AvgIpc) is 2.67. The number of hydrogen-bond acceptors (Lipinski definition) is 5. The van der Waals surface area contributed by atoms with E-state index in [4.69, 9.17) is 15.7 Å². The lowest BCUT2D eigenvalue weighted by molar-refractivity contribution is -0.0587. The first-order valence-corrected chi connectivity index (χ1v) is 9.56. The third-order valence-corrected chi connectivity index (χ3v) is 6.19. The van der Waals surface area contributed by atoms with Gasteiger partial charge in [-0.15, -0.1) is 0 Å². The highest BCUT2D eigenvalue weighted by atomic mass is 32.2. The fourth-order valence-corrected chi connectivity index (χ4v) is 4.83. The second-order valence-electron chi connectivity index (χ2n) is 6.78. The Hall–Kier alpha value is -2.43. The van der Waals surface area contributed by atoms with Gasteiger partial charge in [-0.1, -0.05) is 30.0 Å². The minimum absolute atomic E-state index is 0.0100. The van der Waals surface area contributed by atoms with E-state index in [1.165, 1.54) is 23.9 Å². The predicted molar refractivity (Wildman–Crippen MR) is 100 cm³/mol. The summed E-state index contributed by atoms with van der Waals surface area (Å²) in [6, 6.07) is 12.9. The summed E-state index contributed by atoms with van der Waals surface area (Å²) in [4.78, 5) is 4.58. The second kappa shape index (κ2) is 6.95. The third-order valence-electron chi connectivity index (χ3n) is 5.23. The van der Waals surface area contributed by atoms with Crippen LogP contribution in [0.2, 0.25) is 0 Å². The summed E-state index contributed by atoms with van der Waals surface area (Å²) in [6.45, 7) is 0.159. The molecule has 2 aliphatic heterocycles. The Kier molecular flexibility index (Phi) is 4.62. The molecule has 0 aliphatic carbocycles. The van der Waals surface area contributed by atoms with E-state index in [9.17, 15) is 8.78 Å². The van der Waals surface area contributed by atoms with Crippen molar-refractivity contribution in [3.63, 3.8) is 0 Å². The summed E-state index contributed by atoms with van der Waals surface area (Å²) in [5, 5.41) is 9.34. The number of amidine groups is 1. The van der Waals surface area contributed by atoms with Crippen molar-refractivity contribution in [2.45, 2.75) is 18.1 Å². The topological polar surface area (TPSA) is 71.4 Å². The summed E-state index contributed by atoms with van der Waals surface area (Å²) in [5.41, 5.74) is 6.87. The SMILES string of the molecule is N#Cc1ccc(C2CC3CSC(N)=NC3(c3ccc(F)cc3F)CO2)cc1. The number of benzene rings is 2. The molecule has 0 amide bonds. The lowest BCUT2D eigenvalue weighted by Gasteiger charge is -2.46. The zero-order valence-corrected chi connectivity index (χ0v) is 15.2. The summed E-state index contributed by atoms with van der Waals surface area (Å²) in [7, 11) is 0. The number of nitrogens with zero attached hydrogens (tertiary/aromatic N) is 2. The van der Waals surface area contributed by atoms with E-state index in [0.717, 1.165) is 11.6 Å². The number of aliphatic imine (C=N–C) groups is 1. The van der Waals surface area contributed by atoms with E-state index in [2.05, 4.69) is 11.1 Å². The van der Waals surface area contributed by atoms with Crippen molar-refractivity contribution in [1.29, 1.82) is 5.26 Å². The summed E-state index contributed by atoms with van der Waals surface area (Å²) < 4.78 is 34.1. The van der Waals surface area contributed by atoms with Crippen LogP contribution in [0, 0.1) is 28.9 Å². The van der Waals surface area contributed by atoms with E-state index in [1.807, 2.05) is 12.1 Å². The Morgan fingerprint density at radius 3 is 2.70 bits per heavy atom. The van der Waals surface area contributed by atoms with E-state index in [0.29, 0.717) is 28.5 Å². The van der Waals surface area contributed by atoms with Crippen LogP contribution in [0.4, 0.5) is 8.78 Å². The van der Waals surface area contributed by atoms with Crippen molar-refractivity contribution in [3.8, 4) is 6.07 Å². The first-order valence-electron chi connectivity index (χ1n) is 8.57. The fraction of sp³-hybridized carbons (Fsp3) is 0.300. The van der Waals surface area contributed by atoms with Crippen molar-refractivity contribution in [1.82, 2.24) is 0 Å². The lowest BCUT2D eigenvalue weighted by atomic mass is 9.74. The Labute approximate surface area is 160 Å². The molecule has 2 aliphatic rings. The van der Waals surface area contributed by atoms with Gasteiger partial charge in [-0.3, -0.25) is 0 Å². The molecule has 0 bridgehead atoms. The standard InChI is InChI=1S/C20H17F2N3OS/c21-15-5-6-16(17(22)8-15)20-11-26-18(7-14(20)10-27-19(24)25-20)13-3-1-12(9-23)2-4-13/h1-6,8,14,18H,7,10-11H2,(H2,24,25). The Morgan fingerprint density at radius 1 is 1.22 bits per heavy atom. The first-order chi connectivity index (χ1) is 13.0. The van der Waals surface area contributed by atoms with Crippen molar-refractivity contribution >= 4 is 16.9 Å². The summed E-state index contributed by atoms with van der Waals surface area (Å²) in [5.74, 6) is -0.589. The van der Waals surface area contributed by atoms with Crippen LogP contribution in [0.1, 0.15) is 29.2 Å². The van der Waals surface area contributed by atoms with Crippen molar-refractivity contribution in [2.24, 2.45) is 16.6 Å². The van der Waals surface area contributed by atoms with Gasteiger partial charge in [-0.2, -0.15) is 5.26 Å². The van der Waals surface area contributed by atoms with Crippen LogP contribution in [0.15, 0.2) is 47.5 Å². The van der Waals surface area contributed by atoms with Gasteiger partial charge in [0.25, 0.3) is 0 Å². The second-order valence-corrected chi connectivity index (χ2v) is 7.82. The Bertz CT molecular complexity index is 941. The number of nitrogens with two attached hydrogens (primary N) is 1. The summed E-state index contributed by atoms with van der Waals surface area (Å²) in [6.07, 6.45) is 0.460. The zero-order valence-electron chi connectivity index (χ0n) is 14.4. The van der Waals surface area contributed by atoms with Gasteiger partial charge >= 0.3 is 0 Å². The maximum atomic E-state index is 14.6. The third kappa shape index (κ3) is 3.20. The molecule has 2 aromatic rings. The van der Waals surface area contributed by atoms with E-state index in [-0.39, 0.29) is 18.6 Å². The molecule has 2 heterocycles. The molecule has 2 N–H and O–H groups in total. The molecule has 7 heteroatoms. The van der Waals surface area contributed by atoms with Crippen LogP contribution < -0.4 is 5.73 Å². The summed E-state index contributed by atoms with van der Waals surface area (Å²) >= 11 is 1.44.